The molecule has 9 heteroatoms. The topological polar surface area (TPSA) is 122 Å². The van der Waals surface area contributed by atoms with Crippen LogP contribution in [0.5, 0.6) is 0 Å². The van der Waals surface area contributed by atoms with Crippen LogP contribution in [-0.2, 0) is 42.9 Å². The Hall–Kier alpha value is -3.23. The van der Waals surface area contributed by atoms with E-state index in [1.54, 1.807) is 26.0 Å². The minimum Gasteiger partial charge on any atom is -0.462 e. The Kier molecular flexibility index (Phi) is 14.0. The molecule has 0 fully saturated rings. The van der Waals surface area contributed by atoms with Gasteiger partial charge in [0.05, 0.1) is 0 Å². The van der Waals surface area contributed by atoms with E-state index < -0.39 is 36.1 Å². The number of allylic oxidation sites excluding steroid dienone is 1. The smallest absolute Gasteiger partial charge is 0.303 e. The monoisotopic (exact) mass is 452 g/mol. The van der Waals surface area contributed by atoms with Gasteiger partial charge in [-0.3, -0.25) is 24.0 Å². The first-order valence-electron chi connectivity index (χ1n) is 10.0. The average molecular weight is 453 g/mol. The maximum Gasteiger partial charge on any atom is 0.303 e. The maximum atomic E-state index is 11.6. The van der Waals surface area contributed by atoms with Crippen molar-refractivity contribution >= 4 is 30.2 Å². The van der Waals surface area contributed by atoms with Gasteiger partial charge >= 0.3 is 23.9 Å². The van der Waals surface area contributed by atoms with E-state index in [0.717, 1.165) is 5.57 Å². The fourth-order valence-corrected chi connectivity index (χ4v) is 2.66. The lowest BCUT2D eigenvalue weighted by molar-refractivity contribution is -0.145. The Morgan fingerprint density at radius 3 is 1.72 bits per heavy atom. The van der Waals surface area contributed by atoms with Gasteiger partial charge in [-0.2, -0.15) is 0 Å². The van der Waals surface area contributed by atoms with Gasteiger partial charge in [-0.1, -0.05) is 5.57 Å². The van der Waals surface area contributed by atoms with E-state index in [-0.39, 0.29) is 26.1 Å². The highest BCUT2D eigenvalue weighted by Crippen LogP contribution is 2.18. The van der Waals surface area contributed by atoms with Crippen molar-refractivity contribution in [2.75, 3.05) is 13.2 Å². The first-order valence-corrected chi connectivity index (χ1v) is 10.0. The lowest BCUT2D eigenvalue weighted by Gasteiger charge is -2.19. The summed E-state index contributed by atoms with van der Waals surface area (Å²) in [6.07, 6.45) is 4.57. The van der Waals surface area contributed by atoms with Crippen LogP contribution in [0.15, 0.2) is 34.9 Å². The molecule has 0 aromatic heterocycles. The molecule has 0 aliphatic heterocycles. The summed E-state index contributed by atoms with van der Waals surface area (Å²) in [5.74, 6) is -1.96. The fourth-order valence-electron chi connectivity index (χ4n) is 2.66. The molecule has 0 radical (unpaired) electrons. The predicted octanol–water partition coefficient (Wildman–Crippen LogP) is 2.77. The van der Waals surface area contributed by atoms with Crippen molar-refractivity contribution in [3.8, 4) is 0 Å². The summed E-state index contributed by atoms with van der Waals surface area (Å²) in [5.41, 5.74) is 1.74. The van der Waals surface area contributed by atoms with Gasteiger partial charge in [0, 0.05) is 40.5 Å². The second kappa shape index (κ2) is 15.6. The number of hydrogen-bond acceptors (Lipinski definition) is 9. The molecule has 0 saturated heterocycles. The molecule has 0 rings (SSSR count). The summed E-state index contributed by atoms with van der Waals surface area (Å²) in [7, 11) is 0. The van der Waals surface area contributed by atoms with E-state index in [1.807, 2.05) is 0 Å². The van der Waals surface area contributed by atoms with E-state index >= 15 is 0 Å². The molecule has 0 spiro atoms. The molecule has 0 saturated carbocycles. The van der Waals surface area contributed by atoms with Crippen LogP contribution >= 0.6 is 0 Å². The normalized spacial score (nSPS) is 14.1. The van der Waals surface area contributed by atoms with Crippen LogP contribution in [0.1, 0.15) is 54.4 Å². The molecule has 0 amide bonds. The van der Waals surface area contributed by atoms with Crippen LogP contribution in [0.3, 0.4) is 0 Å². The molecule has 0 aliphatic rings. The molecule has 0 N–H and O–H groups in total. The molecule has 0 aromatic rings. The van der Waals surface area contributed by atoms with Crippen molar-refractivity contribution in [3.63, 3.8) is 0 Å². The van der Waals surface area contributed by atoms with Crippen LogP contribution in [0.2, 0.25) is 0 Å². The highest BCUT2D eigenvalue weighted by atomic mass is 16.6. The number of carbonyl (C=O) groups is 5. The lowest BCUT2D eigenvalue weighted by atomic mass is 10.0. The van der Waals surface area contributed by atoms with Gasteiger partial charge in [0.15, 0.2) is 0 Å². The van der Waals surface area contributed by atoms with Crippen LogP contribution < -0.4 is 0 Å². The van der Waals surface area contributed by atoms with Crippen molar-refractivity contribution in [1.29, 1.82) is 0 Å². The summed E-state index contributed by atoms with van der Waals surface area (Å²) in [5, 5.41) is 0. The molecule has 2 atom stereocenters. The van der Waals surface area contributed by atoms with Crippen LogP contribution in [-0.4, -0.2) is 55.6 Å². The minimum atomic E-state index is -0.708. The Labute approximate surface area is 188 Å². The second-order valence-electron chi connectivity index (χ2n) is 7.19. The zero-order chi connectivity index (χ0) is 24.7. The van der Waals surface area contributed by atoms with Gasteiger partial charge in [0.2, 0.25) is 0 Å². The van der Waals surface area contributed by atoms with Gasteiger partial charge in [-0.25, -0.2) is 0 Å². The van der Waals surface area contributed by atoms with E-state index in [1.165, 1.54) is 33.8 Å². The Morgan fingerprint density at radius 2 is 1.25 bits per heavy atom. The highest BCUT2D eigenvalue weighted by Gasteiger charge is 2.16. The molecular formula is C23H32O9. The Morgan fingerprint density at radius 1 is 0.719 bits per heavy atom. The molecule has 178 valence electrons. The van der Waals surface area contributed by atoms with Crippen molar-refractivity contribution < 1.29 is 42.9 Å². The zero-order valence-corrected chi connectivity index (χ0v) is 19.5. The third-order valence-electron chi connectivity index (χ3n) is 3.85. The number of carbonyl (C=O) groups excluding carboxylic acids is 5. The molecule has 9 nitrogen and oxygen atoms in total. The Bertz CT molecular complexity index is 774. The summed E-state index contributed by atoms with van der Waals surface area (Å²) in [4.78, 5) is 56.1. The third-order valence-corrected chi connectivity index (χ3v) is 3.85. The number of rotatable bonds is 13. The molecule has 0 heterocycles. The average Bonchev–Trinajstić information content (AvgIpc) is 2.64. The summed E-state index contributed by atoms with van der Waals surface area (Å²) in [6.45, 7) is 8.36. The minimum absolute atomic E-state index is 0.0221. The van der Waals surface area contributed by atoms with Gasteiger partial charge < -0.3 is 18.9 Å². The Balaban J connectivity index is 5.62. The largest absolute Gasteiger partial charge is 0.462 e. The molecule has 2 unspecified atom stereocenters. The SMILES string of the molecule is CC(=O)OCC=C(COC(C)=O)CC(C=C(C)CC(C=C(C)C=O)OC(C)=O)OC(C)=O. The quantitative estimate of drug-likeness (QED) is 0.136. The standard InChI is InChI=1S/C23H32O9/c1-15(9-22(31-19(5)27)11-16(2)13-24)10-23(32-20(6)28)12-21(14-30-18(4)26)7-8-29-17(3)25/h7,10-11,13,22-23H,8-9,12,14H2,1-6H3. The zero-order valence-electron chi connectivity index (χ0n) is 19.5. The maximum absolute atomic E-state index is 11.6. The lowest BCUT2D eigenvalue weighted by Crippen LogP contribution is -2.19. The van der Waals surface area contributed by atoms with Gasteiger partial charge in [0.1, 0.15) is 31.7 Å². The number of ether oxygens (including phenoxy) is 4. The molecular weight excluding hydrogens is 420 g/mol. The first kappa shape index (κ1) is 28.8. The van der Waals surface area contributed by atoms with E-state index in [9.17, 15) is 24.0 Å². The molecule has 0 aliphatic carbocycles. The molecule has 0 aromatic carbocycles. The summed E-state index contributed by atoms with van der Waals surface area (Å²) < 4.78 is 20.5. The third kappa shape index (κ3) is 15.6. The van der Waals surface area contributed by atoms with Crippen molar-refractivity contribution in [2.24, 2.45) is 0 Å². The fraction of sp³-hybridized carbons (Fsp3) is 0.522. The first-order chi connectivity index (χ1) is 14.9. The molecule has 0 bridgehead atoms. The van der Waals surface area contributed by atoms with Crippen molar-refractivity contribution in [2.45, 2.75) is 66.6 Å². The molecule has 32 heavy (non-hydrogen) atoms. The van der Waals surface area contributed by atoms with Crippen LogP contribution in [0, 0.1) is 0 Å². The predicted molar refractivity (Wildman–Crippen MR) is 115 cm³/mol. The summed E-state index contributed by atoms with van der Waals surface area (Å²) in [6, 6.07) is 0. The second-order valence-corrected chi connectivity index (χ2v) is 7.19. The number of hydrogen-bond donors (Lipinski definition) is 0. The van der Waals surface area contributed by atoms with Crippen LogP contribution in [0.25, 0.3) is 0 Å². The van der Waals surface area contributed by atoms with E-state index in [2.05, 4.69) is 0 Å². The highest BCUT2D eigenvalue weighted by molar-refractivity contribution is 5.72. The van der Waals surface area contributed by atoms with Crippen LogP contribution in [0.4, 0.5) is 0 Å². The van der Waals surface area contributed by atoms with E-state index in [0.29, 0.717) is 17.4 Å². The van der Waals surface area contributed by atoms with Crippen molar-refractivity contribution in [1.82, 2.24) is 0 Å². The van der Waals surface area contributed by atoms with Crippen molar-refractivity contribution in [3.05, 3.63) is 34.9 Å². The number of aldehydes is 1. The summed E-state index contributed by atoms with van der Waals surface area (Å²) >= 11 is 0. The van der Waals surface area contributed by atoms with Gasteiger partial charge in [-0.15, -0.1) is 0 Å². The number of esters is 4. The van der Waals surface area contributed by atoms with E-state index in [4.69, 9.17) is 18.9 Å². The van der Waals surface area contributed by atoms with Gasteiger partial charge in [-0.05, 0) is 43.2 Å². The van der Waals surface area contributed by atoms with Gasteiger partial charge in [0.25, 0.3) is 0 Å².